The van der Waals surface area contributed by atoms with Crippen molar-refractivity contribution in [3.05, 3.63) is 93.5 Å². The number of imide groups is 1. The summed E-state index contributed by atoms with van der Waals surface area (Å²) in [5.41, 5.74) is 1.06. The molecule has 2 atom stereocenters. The maximum atomic E-state index is 12.8. The summed E-state index contributed by atoms with van der Waals surface area (Å²) in [6.07, 6.45) is 3.32. The molecule has 2 unspecified atom stereocenters. The van der Waals surface area contributed by atoms with Crippen molar-refractivity contribution in [2.45, 2.75) is 25.7 Å². The first kappa shape index (κ1) is 27.6. The van der Waals surface area contributed by atoms with E-state index in [0.29, 0.717) is 10.7 Å². The van der Waals surface area contributed by atoms with Crippen molar-refractivity contribution >= 4 is 58.4 Å². The number of Topliss-reactive ketones (excluding diaryl/α,β-unsaturated/α-hetero) is 1. The van der Waals surface area contributed by atoms with Crippen LogP contribution in [0.4, 0.5) is 5.69 Å². The van der Waals surface area contributed by atoms with E-state index < -0.39 is 24.3 Å². The van der Waals surface area contributed by atoms with Crippen molar-refractivity contribution in [3.8, 4) is 5.75 Å². The Balaban J connectivity index is 1.15. The summed E-state index contributed by atoms with van der Waals surface area (Å²) in [5, 5.41) is 0.530. The van der Waals surface area contributed by atoms with E-state index >= 15 is 0 Å². The third kappa shape index (κ3) is 5.64. The molecule has 1 saturated heterocycles. The summed E-state index contributed by atoms with van der Waals surface area (Å²) in [4.78, 5) is 64.1. The van der Waals surface area contributed by atoms with Crippen LogP contribution in [-0.4, -0.2) is 36.1 Å². The number of ether oxygens (including phenoxy) is 2. The first-order valence-electron chi connectivity index (χ1n) is 12.7. The number of amides is 2. The Hall–Kier alpha value is -4.01. The van der Waals surface area contributed by atoms with Crippen molar-refractivity contribution in [2.24, 2.45) is 11.8 Å². The molecule has 1 heterocycles. The quantitative estimate of drug-likeness (QED) is 0.148. The second-order valence-electron chi connectivity index (χ2n) is 9.60. The number of carbonyl (C=O) groups excluding carboxylic acids is 5. The van der Waals surface area contributed by atoms with Crippen LogP contribution in [0.5, 0.6) is 5.75 Å². The van der Waals surface area contributed by atoms with Gasteiger partial charge in [-0.3, -0.25) is 19.3 Å². The molecule has 5 rings (SSSR count). The predicted octanol–water partition coefficient (Wildman–Crippen LogP) is 5.93. The van der Waals surface area contributed by atoms with Crippen LogP contribution in [0.15, 0.2) is 66.7 Å². The van der Waals surface area contributed by atoms with Crippen molar-refractivity contribution in [1.82, 2.24) is 0 Å². The topological polar surface area (TPSA) is 107 Å². The van der Waals surface area contributed by atoms with Gasteiger partial charge in [-0.25, -0.2) is 9.59 Å². The fraction of sp³-hybridized carbons (Fsp3) is 0.233. The fourth-order valence-electron chi connectivity index (χ4n) is 4.96. The van der Waals surface area contributed by atoms with Crippen molar-refractivity contribution in [1.29, 1.82) is 0 Å². The number of hydrogen-bond acceptors (Lipinski definition) is 7. The SMILES string of the molecule is O=C(COC(=O)c1ccc(N2C(=O)C3CCCCC3C2=O)cc1)c1ccc(OC(=O)c2ccc(Cl)c(Cl)c2)cc1. The third-order valence-electron chi connectivity index (χ3n) is 7.08. The molecular weight excluding hydrogens is 557 g/mol. The number of rotatable bonds is 7. The smallest absolute Gasteiger partial charge is 0.343 e. The van der Waals surface area contributed by atoms with Crippen LogP contribution >= 0.6 is 23.2 Å². The number of carbonyl (C=O) groups is 5. The van der Waals surface area contributed by atoms with E-state index in [1.807, 2.05) is 0 Å². The van der Waals surface area contributed by atoms with E-state index in [1.54, 1.807) is 0 Å². The fourth-order valence-corrected chi connectivity index (χ4v) is 5.26. The minimum Gasteiger partial charge on any atom is -0.454 e. The molecule has 3 aromatic carbocycles. The van der Waals surface area contributed by atoms with Crippen molar-refractivity contribution < 1.29 is 33.4 Å². The highest BCUT2D eigenvalue weighted by atomic mass is 35.5. The van der Waals surface area contributed by atoms with Crippen LogP contribution in [0.2, 0.25) is 10.0 Å². The molecule has 10 heteroatoms. The Kier molecular flexibility index (Phi) is 8.00. The lowest BCUT2D eigenvalue weighted by molar-refractivity contribution is -0.122. The summed E-state index contributed by atoms with van der Waals surface area (Å²) in [5.74, 6) is -2.52. The first-order chi connectivity index (χ1) is 19.2. The van der Waals surface area contributed by atoms with E-state index in [1.165, 1.54) is 71.6 Å². The highest BCUT2D eigenvalue weighted by molar-refractivity contribution is 6.42. The Morgan fingerprint density at radius 2 is 1.30 bits per heavy atom. The molecule has 2 amide bonds. The number of benzene rings is 3. The molecule has 0 bridgehead atoms. The molecule has 40 heavy (non-hydrogen) atoms. The molecule has 1 saturated carbocycles. The second-order valence-corrected chi connectivity index (χ2v) is 10.4. The average molecular weight is 580 g/mol. The summed E-state index contributed by atoms with van der Waals surface area (Å²) in [7, 11) is 0. The Labute approximate surface area is 239 Å². The molecule has 0 radical (unpaired) electrons. The van der Waals surface area contributed by atoms with Crippen molar-refractivity contribution in [3.63, 3.8) is 0 Å². The summed E-state index contributed by atoms with van der Waals surface area (Å²) < 4.78 is 10.4. The van der Waals surface area contributed by atoms with Crippen LogP contribution in [0, 0.1) is 11.8 Å². The predicted molar refractivity (Wildman–Crippen MR) is 147 cm³/mol. The van der Waals surface area contributed by atoms with Gasteiger partial charge in [0.25, 0.3) is 0 Å². The maximum Gasteiger partial charge on any atom is 0.343 e. The highest BCUT2D eigenvalue weighted by Gasteiger charge is 2.48. The molecule has 0 spiro atoms. The van der Waals surface area contributed by atoms with Gasteiger partial charge >= 0.3 is 11.9 Å². The number of anilines is 1. The van der Waals surface area contributed by atoms with Gasteiger partial charge in [0.2, 0.25) is 11.8 Å². The zero-order chi connectivity index (χ0) is 28.4. The van der Waals surface area contributed by atoms with Gasteiger partial charge in [0.1, 0.15) is 5.75 Å². The molecule has 204 valence electrons. The number of esters is 2. The zero-order valence-electron chi connectivity index (χ0n) is 21.1. The van der Waals surface area contributed by atoms with E-state index in [4.69, 9.17) is 32.7 Å². The van der Waals surface area contributed by atoms with Gasteiger partial charge in [-0.15, -0.1) is 0 Å². The van der Waals surface area contributed by atoms with E-state index in [2.05, 4.69) is 0 Å². The van der Waals surface area contributed by atoms with Gasteiger partial charge in [-0.05, 0) is 79.6 Å². The molecule has 1 aliphatic heterocycles. The molecule has 2 fully saturated rings. The Bertz CT molecular complexity index is 1480. The number of fused-ring (bicyclic) bond motifs is 1. The number of hydrogen-bond donors (Lipinski definition) is 0. The summed E-state index contributed by atoms with van der Waals surface area (Å²) in [6.45, 7) is -0.505. The van der Waals surface area contributed by atoms with Gasteiger partial charge in [-0.2, -0.15) is 0 Å². The van der Waals surface area contributed by atoms with Crippen LogP contribution in [0.25, 0.3) is 0 Å². The molecule has 8 nitrogen and oxygen atoms in total. The summed E-state index contributed by atoms with van der Waals surface area (Å²) >= 11 is 11.8. The molecule has 1 aliphatic carbocycles. The molecule has 3 aromatic rings. The minimum absolute atomic E-state index is 0.178. The van der Waals surface area contributed by atoms with Crippen LogP contribution in [-0.2, 0) is 14.3 Å². The standard InChI is InChI=1S/C30H23Cl2NO7/c31-24-14-9-19(15-25(24)32)30(38)40-21-12-7-17(8-13-21)26(34)16-39-29(37)18-5-10-20(11-6-18)33-27(35)22-3-1-2-4-23(22)28(33)36/h5-15,22-23H,1-4,16H2. The van der Waals surface area contributed by atoms with Crippen LogP contribution in [0.1, 0.15) is 56.8 Å². The van der Waals surface area contributed by atoms with Crippen molar-refractivity contribution in [2.75, 3.05) is 11.5 Å². The van der Waals surface area contributed by atoms with E-state index in [-0.39, 0.29) is 51.1 Å². The van der Waals surface area contributed by atoms with E-state index in [9.17, 15) is 24.0 Å². The first-order valence-corrected chi connectivity index (χ1v) is 13.4. The maximum absolute atomic E-state index is 12.8. The molecule has 2 aliphatic rings. The monoisotopic (exact) mass is 579 g/mol. The molecular formula is C30H23Cl2NO7. The van der Waals surface area contributed by atoms with E-state index in [0.717, 1.165) is 25.7 Å². The normalized spacial score (nSPS) is 18.3. The molecule has 0 aromatic heterocycles. The summed E-state index contributed by atoms with van der Waals surface area (Å²) in [6, 6.07) is 16.1. The third-order valence-corrected chi connectivity index (χ3v) is 7.82. The molecule has 0 N–H and O–H groups in total. The highest BCUT2D eigenvalue weighted by Crippen LogP contribution is 2.40. The Morgan fingerprint density at radius 1 is 0.725 bits per heavy atom. The zero-order valence-corrected chi connectivity index (χ0v) is 22.6. The lowest BCUT2D eigenvalue weighted by atomic mass is 9.81. The van der Waals surface area contributed by atoms with Gasteiger partial charge in [0.05, 0.1) is 38.7 Å². The van der Waals surface area contributed by atoms with Gasteiger partial charge in [0.15, 0.2) is 12.4 Å². The van der Waals surface area contributed by atoms with Crippen LogP contribution < -0.4 is 9.64 Å². The minimum atomic E-state index is -0.722. The number of ketones is 1. The van der Waals surface area contributed by atoms with Gasteiger partial charge in [-0.1, -0.05) is 36.0 Å². The number of nitrogens with zero attached hydrogens (tertiary/aromatic N) is 1. The largest absolute Gasteiger partial charge is 0.454 e. The average Bonchev–Trinajstić information content (AvgIpc) is 3.23. The van der Waals surface area contributed by atoms with Gasteiger partial charge in [0, 0.05) is 5.56 Å². The second kappa shape index (κ2) is 11.6. The van der Waals surface area contributed by atoms with Gasteiger partial charge < -0.3 is 9.47 Å². The number of halogens is 2. The lowest BCUT2D eigenvalue weighted by Crippen LogP contribution is -2.30. The Morgan fingerprint density at radius 3 is 1.90 bits per heavy atom. The van der Waals surface area contributed by atoms with Crippen LogP contribution in [0.3, 0.4) is 0 Å². The lowest BCUT2D eigenvalue weighted by Gasteiger charge is -2.19.